The number of nitro groups is 1. The minimum Gasteiger partial charge on any atom is -0.258 e. The number of nitrogens with zero attached hydrogens (tertiary/aromatic N) is 1. The molecule has 1 aromatic carbocycles. The van der Waals surface area contributed by atoms with Crippen molar-refractivity contribution in [2.75, 3.05) is 0 Å². The minimum atomic E-state index is -4.72. The average molecular weight is 335 g/mol. The monoisotopic (exact) mass is 335 g/mol. The average Bonchev–Trinajstić information content (AvgIpc) is 2.06. The molecule has 0 heterocycles. The summed E-state index contributed by atoms with van der Waals surface area (Å²) in [5.41, 5.74) is -2.41. The number of rotatable bonds is 1. The molecule has 15 heavy (non-hydrogen) atoms. The molecular weight excluding hydrogens is 333 g/mol. The van der Waals surface area contributed by atoms with Crippen LogP contribution >= 0.6 is 22.6 Å². The molecule has 0 atom stereocenters. The third-order valence-electron chi connectivity index (χ3n) is 1.53. The molecule has 0 N–H and O–H groups in total. The Morgan fingerprint density at radius 1 is 1.33 bits per heavy atom. The molecule has 0 aliphatic carbocycles. The van der Waals surface area contributed by atoms with Gasteiger partial charge in [0.1, 0.15) is 0 Å². The third kappa shape index (κ3) is 2.55. The van der Waals surface area contributed by atoms with Gasteiger partial charge in [0, 0.05) is 6.07 Å². The Kier molecular flexibility index (Phi) is 3.16. The van der Waals surface area contributed by atoms with E-state index in [4.69, 9.17) is 0 Å². The largest absolute Gasteiger partial charge is 0.416 e. The van der Waals surface area contributed by atoms with Crippen LogP contribution in [0.1, 0.15) is 5.56 Å². The summed E-state index contributed by atoms with van der Waals surface area (Å²) in [6.07, 6.45) is -4.72. The van der Waals surface area contributed by atoms with Gasteiger partial charge in [-0.1, -0.05) is 0 Å². The van der Waals surface area contributed by atoms with E-state index in [2.05, 4.69) is 0 Å². The molecule has 3 nitrogen and oxygen atoms in total. The zero-order valence-electron chi connectivity index (χ0n) is 6.81. The van der Waals surface area contributed by atoms with Crippen molar-refractivity contribution >= 4 is 28.3 Å². The number of hydrogen-bond donors (Lipinski definition) is 0. The first-order chi connectivity index (χ1) is 6.73. The second-order valence-electron chi connectivity index (χ2n) is 2.55. The standard InChI is InChI=1S/C7H2F4INO2/c8-6-4(12)1-3(7(9,10)11)2-5(6)13(14)15/h1-2H. The molecule has 0 unspecified atom stereocenters. The molecule has 0 fully saturated rings. The first-order valence-electron chi connectivity index (χ1n) is 3.44. The quantitative estimate of drug-likeness (QED) is 0.342. The fourth-order valence-electron chi connectivity index (χ4n) is 0.871. The van der Waals surface area contributed by atoms with E-state index in [0.717, 1.165) is 0 Å². The Bertz CT molecular complexity index is 418. The molecular formula is C7H2F4INO2. The van der Waals surface area contributed by atoms with Crippen LogP contribution in [0.5, 0.6) is 0 Å². The zero-order valence-corrected chi connectivity index (χ0v) is 8.97. The van der Waals surface area contributed by atoms with Crippen molar-refractivity contribution in [3.63, 3.8) is 0 Å². The van der Waals surface area contributed by atoms with Gasteiger partial charge in [-0.2, -0.15) is 17.6 Å². The van der Waals surface area contributed by atoms with Crippen LogP contribution in [-0.4, -0.2) is 4.92 Å². The van der Waals surface area contributed by atoms with E-state index in [1.165, 1.54) is 22.6 Å². The van der Waals surface area contributed by atoms with Gasteiger partial charge in [-0.05, 0) is 28.7 Å². The highest BCUT2D eigenvalue weighted by Crippen LogP contribution is 2.34. The van der Waals surface area contributed by atoms with Crippen LogP contribution in [0.3, 0.4) is 0 Å². The molecule has 1 rings (SSSR count). The first-order valence-corrected chi connectivity index (χ1v) is 4.52. The van der Waals surface area contributed by atoms with Crippen LogP contribution in [0, 0.1) is 19.5 Å². The molecule has 0 aliphatic rings. The molecule has 1 aromatic rings. The van der Waals surface area contributed by atoms with Gasteiger partial charge in [0.25, 0.3) is 0 Å². The Morgan fingerprint density at radius 3 is 2.27 bits per heavy atom. The highest BCUT2D eigenvalue weighted by atomic mass is 127. The summed E-state index contributed by atoms with van der Waals surface area (Å²) in [6.45, 7) is 0. The van der Waals surface area contributed by atoms with E-state index < -0.39 is 31.7 Å². The number of halogens is 5. The third-order valence-corrected chi connectivity index (χ3v) is 2.32. The Balaban J connectivity index is 3.43. The molecule has 0 saturated carbocycles. The molecule has 82 valence electrons. The highest BCUT2D eigenvalue weighted by molar-refractivity contribution is 14.1. The molecule has 0 amide bonds. The normalized spacial score (nSPS) is 11.5. The maximum Gasteiger partial charge on any atom is 0.416 e. The lowest BCUT2D eigenvalue weighted by molar-refractivity contribution is -0.387. The van der Waals surface area contributed by atoms with Crippen LogP contribution in [-0.2, 0) is 6.18 Å². The van der Waals surface area contributed by atoms with Crippen LogP contribution < -0.4 is 0 Å². The van der Waals surface area contributed by atoms with E-state index in [1.807, 2.05) is 0 Å². The van der Waals surface area contributed by atoms with Crippen molar-refractivity contribution in [3.8, 4) is 0 Å². The summed E-state index contributed by atoms with van der Waals surface area (Å²) < 4.78 is 49.2. The maximum absolute atomic E-state index is 13.0. The van der Waals surface area contributed by atoms with Gasteiger partial charge in [0.2, 0.25) is 5.82 Å². The first kappa shape index (κ1) is 12.1. The van der Waals surface area contributed by atoms with Gasteiger partial charge in [-0.3, -0.25) is 10.1 Å². The van der Waals surface area contributed by atoms with Gasteiger partial charge >= 0.3 is 11.9 Å². The lowest BCUT2D eigenvalue weighted by Gasteiger charge is -2.07. The summed E-state index contributed by atoms with van der Waals surface area (Å²) in [7, 11) is 0. The number of nitro benzene ring substituents is 1. The van der Waals surface area contributed by atoms with E-state index >= 15 is 0 Å². The fraction of sp³-hybridized carbons (Fsp3) is 0.143. The summed E-state index contributed by atoms with van der Waals surface area (Å²) >= 11 is 1.27. The SMILES string of the molecule is O=[N+]([O-])c1cc(C(F)(F)F)cc(I)c1F. The molecule has 0 aliphatic heterocycles. The van der Waals surface area contributed by atoms with Crippen LogP contribution in [0.15, 0.2) is 12.1 Å². The predicted molar refractivity (Wildman–Crippen MR) is 50.8 cm³/mol. The lowest BCUT2D eigenvalue weighted by Crippen LogP contribution is -2.07. The summed E-state index contributed by atoms with van der Waals surface area (Å²) in [5, 5.41) is 10.2. The topological polar surface area (TPSA) is 43.1 Å². The van der Waals surface area contributed by atoms with Gasteiger partial charge in [0.05, 0.1) is 14.1 Å². The van der Waals surface area contributed by atoms with E-state index in [9.17, 15) is 27.7 Å². The van der Waals surface area contributed by atoms with Crippen molar-refractivity contribution in [1.82, 2.24) is 0 Å². The molecule has 0 radical (unpaired) electrons. The zero-order chi connectivity index (χ0) is 11.8. The number of hydrogen-bond acceptors (Lipinski definition) is 2. The molecule has 0 spiro atoms. The van der Waals surface area contributed by atoms with Crippen LogP contribution in [0.4, 0.5) is 23.2 Å². The Morgan fingerprint density at radius 2 is 1.87 bits per heavy atom. The maximum atomic E-state index is 13.0. The second kappa shape index (κ2) is 3.91. The second-order valence-corrected chi connectivity index (χ2v) is 3.71. The van der Waals surface area contributed by atoms with Gasteiger partial charge in [-0.25, -0.2) is 0 Å². The van der Waals surface area contributed by atoms with Crippen LogP contribution in [0.2, 0.25) is 0 Å². The lowest BCUT2D eigenvalue weighted by atomic mass is 10.2. The van der Waals surface area contributed by atoms with Gasteiger partial charge in [0.15, 0.2) is 0 Å². The van der Waals surface area contributed by atoms with Crippen molar-refractivity contribution in [2.24, 2.45) is 0 Å². The van der Waals surface area contributed by atoms with Crippen molar-refractivity contribution in [1.29, 1.82) is 0 Å². The van der Waals surface area contributed by atoms with Crippen molar-refractivity contribution in [2.45, 2.75) is 6.18 Å². The summed E-state index contributed by atoms with van der Waals surface area (Å²) in [4.78, 5) is 9.06. The van der Waals surface area contributed by atoms with Crippen molar-refractivity contribution in [3.05, 3.63) is 37.2 Å². The van der Waals surface area contributed by atoms with E-state index in [-0.39, 0.29) is 6.07 Å². The number of alkyl halides is 3. The van der Waals surface area contributed by atoms with Gasteiger partial charge in [-0.15, -0.1) is 0 Å². The molecule has 0 aromatic heterocycles. The highest BCUT2D eigenvalue weighted by Gasteiger charge is 2.34. The molecule has 8 heteroatoms. The molecule has 0 saturated heterocycles. The Labute approximate surface area is 94.4 Å². The summed E-state index contributed by atoms with van der Waals surface area (Å²) in [5.74, 6) is -1.26. The van der Waals surface area contributed by atoms with E-state index in [1.54, 1.807) is 0 Å². The molecule has 0 bridgehead atoms. The smallest absolute Gasteiger partial charge is 0.258 e. The van der Waals surface area contributed by atoms with Crippen LogP contribution in [0.25, 0.3) is 0 Å². The Hall–Kier alpha value is -0.930. The minimum absolute atomic E-state index is 0.178. The number of benzene rings is 1. The van der Waals surface area contributed by atoms with E-state index in [0.29, 0.717) is 6.07 Å². The predicted octanol–water partition coefficient (Wildman–Crippen LogP) is 3.36. The van der Waals surface area contributed by atoms with Gasteiger partial charge < -0.3 is 0 Å². The fourth-order valence-corrected chi connectivity index (χ4v) is 1.48. The van der Waals surface area contributed by atoms with Crippen molar-refractivity contribution < 1.29 is 22.5 Å². The summed E-state index contributed by atoms with van der Waals surface area (Å²) in [6, 6.07) is 0.695.